The Bertz CT molecular complexity index is 528. The molecule has 0 fully saturated rings. The maximum absolute atomic E-state index is 11.9. The Labute approximate surface area is 135 Å². The van der Waals surface area contributed by atoms with E-state index >= 15 is 0 Å². The van der Waals surface area contributed by atoms with Gasteiger partial charge in [0.15, 0.2) is 12.4 Å². The van der Waals surface area contributed by atoms with Crippen LogP contribution in [0.2, 0.25) is 0 Å². The lowest BCUT2D eigenvalue weighted by atomic mass is 9.93. The number of aromatic nitrogens is 1. The summed E-state index contributed by atoms with van der Waals surface area (Å²) < 4.78 is 6.80. The van der Waals surface area contributed by atoms with Crippen molar-refractivity contribution in [1.82, 2.24) is 11.0 Å². The molecule has 128 valence electrons. The SMILES string of the molecule is CC(C)(C)CC(=O)OC[n+]1cccc(C(=O)NCCONO)c1. The fourth-order valence-corrected chi connectivity index (χ4v) is 1.73. The smallest absolute Gasteiger partial charge is 0.311 e. The summed E-state index contributed by atoms with van der Waals surface area (Å²) in [5.74, 6) is -0.574. The van der Waals surface area contributed by atoms with Crippen LogP contribution in [0, 0.1) is 5.41 Å². The fraction of sp³-hybridized carbons (Fsp3) is 0.533. The molecule has 1 rings (SSSR count). The zero-order valence-corrected chi connectivity index (χ0v) is 13.7. The van der Waals surface area contributed by atoms with E-state index in [1.54, 1.807) is 29.1 Å². The number of nitrogens with zero attached hydrogens (tertiary/aromatic N) is 1. The summed E-state index contributed by atoms with van der Waals surface area (Å²) in [5.41, 5.74) is 1.83. The van der Waals surface area contributed by atoms with Crippen LogP contribution >= 0.6 is 0 Å². The second kappa shape index (κ2) is 9.19. The molecule has 1 aromatic heterocycles. The molecule has 3 N–H and O–H groups in total. The zero-order chi connectivity index (χ0) is 17.3. The van der Waals surface area contributed by atoms with Crippen molar-refractivity contribution >= 4 is 11.9 Å². The van der Waals surface area contributed by atoms with E-state index in [0.717, 1.165) is 0 Å². The number of amides is 1. The van der Waals surface area contributed by atoms with Crippen molar-refractivity contribution in [2.45, 2.75) is 33.9 Å². The van der Waals surface area contributed by atoms with E-state index in [4.69, 9.17) is 9.94 Å². The van der Waals surface area contributed by atoms with Gasteiger partial charge in [-0.3, -0.25) is 19.6 Å². The molecule has 0 saturated heterocycles. The van der Waals surface area contributed by atoms with Crippen molar-refractivity contribution in [3.05, 3.63) is 30.1 Å². The van der Waals surface area contributed by atoms with Crippen molar-refractivity contribution in [3.8, 4) is 0 Å². The summed E-state index contributed by atoms with van der Waals surface area (Å²) in [7, 11) is 0. The number of carbonyl (C=O) groups is 2. The van der Waals surface area contributed by atoms with Gasteiger partial charge in [0.05, 0.1) is 13.0 Å². The molecule has 0 unspecified atom stereocenters. The highest BCUT2D eigenvalue weighted by Crippen LogP contribution is 2.18. The van der Waals surface area contributed by atoms with Crippen molar-refractivity contribution in [3.63, 3.8) is 0 Å². The first kappa shape index (κ1) is 19.0. The van der Waals surface area contributed by atoms with Crippen LogP contribution in [-0.4, -0.2) is 30.2 Å². The average Bonchev–Trinajstić information content (AvgIpc) is 2.48. The van der Waals surface area contributed by atoms with E-state index in [1.165, 1.54) is 5.64 Å². The van der Waals surface area contributed by atoms with Crippen LogP contribution in [0.4, 0.5) is 0 Å². The van der Waals surface area contributed by atoms with Crippen LogP contribution in [-0.2, 0) is 21.1 Å². The Kier molecular flexibility index (Phi) is 7.60. The summed E-state index contributed by atoms with van der Waals surface area (Å²) in [6.45, 7) is 6.29. The van der Waals surface area contributed by atoms with Gasteiger partial charge in [-0.1, -0.05) is 26.4 Å². The van der Waals surface area contributed by atoms with Crippen LogP contribution in [0.5, 0.6) is 0 Å². The van der Waals surface area contributed by atoms with Gasteiger partial charge < -0.3 is 10.1 Å². The first-order valence-corrected chi connectivity index (χ1v) is 7.25. The van der Waals surface area contributed by atoms with Gasteiger partial charge >= 0.3 is 5.97 Å². The van der Waals surface area contributed by atoms with Gasteiger partial charge in [0, 0.05) is 12.6 Å². The molecule has 0 bridgehead atoms. The van der Waals surface area contributed by atoms with Crippen LogP contribution in [0.25, 0.3) is 0 Å². The molecule has 0 aromatic carbocycles. The molecule has 1 heterocycles. The Morgan fingerprint density at radius 1 is 1.35 bits per heavy atom. The summed E-state index contributed by atoms with van der Waals surface area (Å²) in [4.78, 5) is 28.1. The molecule has 0 atom stereocenters. The van der Waals surface area contributed by atoms with Gasteiger partial charge in [0.2, 0.25) is 0 Å². The predicted molar refractivity (Wildman–Crippen MR) is 80.0 cm³/mol. The Morgan fingerprint density at radius 2 is 2.09 bits per heavy atom. The molecule has 1 aromatic rings. The third-order valence-electron chi connectivity index (χ3n) is 2.72. The number of ether oxygens (including phenoxy) is 1. The highest BCUT2D eigenvalue weighted by atomic mass is 16.8. The van der Waals surface area contributed by atoms with E-state index in [1.807, 2.05) is 20.8 Å². The second-order valence-corrected chi connectivity index (χ2v) is 6.19. The summed E-state index contributed by atoms with van der Waals surface area (Å²) in [5, 5.41) is 10.9. The molecule has 0 radical (unpaired) electrons. The molecule has 0 aliphatic carbocycles. The number of nitrogens with one attached hydrogen (secondary N) is 2. The highest BCUT2D eigenvalue weighted by Gasteiger charge is 2.18. The van der Waals surface area contributed by atoms with E-state index in [9.17, 15) is 9.59 Å². The molecular formula is C15H24N3O5+. The Morgan fingerprint density at radius 3 is 2.74 bits per heavy atom. The van der Waals surface area contributed by atoms with Crippen molar-refractivity contribution < 1.29 is 28.9 Å². The molecule has 0 aliphatic rings. The van der Waals surface area contributed by atoms with Crippen LogP contribution < -0.4 is 15.5 Å². The minimum absolute atomic E-state index is 0.0492. The van der Waals surface area contributed by atoms with Crippen LogP contribution in [0.15, 0.2) is 24.5 Å². The third kappa shape index (κ3) is 8.24. The average molecular weight is 326 g/mol. The topological polar surface area (TPSA) is 101 Å². The van der Waals surface area contributed by atoms with Gasteiger partial charge in [0.25, 0.3) is 12.6 Å². The van der Waals surface area contributed by atoms with Crippen molar-refractivity contribution in [1.29, 1.82) is 0 Å². The number of esters is 1. The van der Waals surface area contributed by atoms with Crippen LogP contribution in [0.3, 0.4) is 0 Å². The summed E-state index contributed by atoms with van der Waals surface area (Å²) in [6.07, 6.45) is 3.62. The van der Waals surface area contributed by atoms with Gasteiger partial charge in [-0.05, 0) is 11.5 Å². The minimum Gasteiger partial charge on any atom is -0.405 e. The van der Waals surface area contributed by atoms with Crippen molar-refractivity contribution in [2.24, 2.45) is 5.41 Å². The number of hydrogen-bond acceptors (Lipinski definition) is 6. The predicted octanol–water partition coefficient (Wildman–Crippen LogP) is 0.551. The first-order valence-electron chi connectivity index (χ1n) is 7.25. The molecule has 23 heavy (non-hydrogen) atoms. The fourth-order valence-electron chi connectivity index (χ4n) is 1.73. The molecular weight excluding hydrogens is 302 g/mol. The second-order valence-electron chi connectivity index (χ2n) is 6.19. The lowest BCUT2D eigenvalue weighted by molar-refractivity contribution is -0.727. The van der Waals surface area contributed by atoms with Crippen molar-refractivity contribution in [2.75, 3.05) is 13.2 Å². The first-order chi connectivity index (χ1) is 10.8. The highest BCUT2D eigenvalue weighted by molar-refractivity contribution is 5.93. The molecule has 0 aliphatic heterocycles. The van der Waals surface area contributed by atoms with Gasteiger partial charge in [-0.15, -0.1) is 0 Å². The quantitative estimate of drug-likeness (QED) is 0.279. The third-order valence-corrected chi connectivity index (χ3v) is 2.72. The number of hydrogen-bond donors (Lipinski definition) is 3. The van der Waals surface area contributed by atoms with Crippen LogP contribution in [0.1, 0.15) is 37.6 Å². The maximum atomic E-state index is 11.9. The lowest BCUT2D eigenvalue weighted by Crippen LogP contribution is -2.38. The Hall–Kier alpha value is -2.03. The lowest BCUT2D eigenvalue weighted by Gasteiger charge is -2.15. The molecule has 1 amide bonds. The normalized spacial score (nSPS) is 11.1. The maximum Gasteiger partial charge on any atom is 0.311 e. The van der Waals surface area contributed by atoms with Gasteiger partial charge in [0.1, 0.15) is 5.56 Å². The summed E-state index contributed by atoms with van der Waals surface area (Å²) >= 11 is 0. The van der Waals surface area contributed by atoms with Gasteiger partial charge in [-0.25, -0.2) is 0 Å². The Balaban J connectivity index is 2.49. The minimum atomic E-state index is -0.290. The van der Waals surface area contributed by atoms with E-state index in [-0.39, 0.29) is 37.2 Å². The summed E-state index contributed by atoms with van der Waals surface area (Å²) in [6, 6.07) is 3.34. The zero-order valence-electron chi connectivity index (χ0n) is 13.7. The number of pyridine rings is 1. The largest absolute Gasteiger partial charge is 0.405 e. The standard InChI is InChI=1S/C15H23N3O5/c1-15(2,3)9-13(19)22-11-18-7-4-5-12(10-18)14(20)16-6-8-23-17-21/h4-5,7,10,17,21H,6,8-9,11H2,1-3H3/p+1. The number of carbonyl (C=O) groups excluding carboxylic acids is 2. The van der Waals surface area contributed by atoms with Gasteiger partial charge in [-0.2, -0.15) is 4.57 Å². The molecule has 0 saturated carbocycles. The number of rotatable bonds is 8. The monoisotopic (exact) mass is 326 g/mol. The van der Waals surface area contributed by atoms with E-state index < -0.39 is 0 Å². The molecule has 8 heteroatoms. The van der Waals surface area contributed by atoms with E-state index in [0.29, 0.717) is 12.0 Å². The molecule has 0 spiro atoms. The molecule has 8 nitrogen and oxygen atoms in total. The van der Waals surface area contributed by atoms with E-state index in [2.05, 4.69) is 10.2 Å².